The van der Waals surface area contributed by atoms with Gasteiger partial charge in [-0.15, -0.1) is 0 Å². The molecule has 1 saturated heterocycles. The molecular formula is C28H38ClN3O5. The lowest BCUT2D eigenvalue weighted by Gasteiger charge is -2.34. The molecule has 1 fully saturated rings. The first-order valence-electron chi connectivity index (χ1n) is 12.6. The van der Waals surface area contributed by atoms with Gasteiger partial charge in [0, 0.05) is 62.9 Å². The Labute approximate surface area is 224 Å². The first-order chi connectivity index (χ1) is 17.5. The molecule has 0 unspecified atom stereocenters. The maximum atomic E-state index is 12.3. The minimum Gasteiger partial charge on any atom is -0.497 e. The quantitative estimate of drug-likeness (QED) is 0.418. The molecule has 1 N–H and O–H groups in total. The molecule has 2 aromatic carbocycles. The lowest BCUT2D eigenvalue weighted by Crippen LogP contribution is -2.47. The van der Waals surface area contributed by atoms with E-state index >= 15 is 0 Å². The van der Waals surface area contributed by atoms with Crippen LogP contribution in [0.2, 0.25) is 5.02 Å². The number of hydrogen-bond donors (Lipinski definition) is 1. The number of amides is 1. The number of carboxylic acid groups (broad SMARTS) is 1. The summed E-state index contributed by atoms with van der Waals surface area (Å²) in [6.07, 6.45) is 0.0834. The van der Waals surface area contributed by atoms with Crippen molar-refractivity contribution in [3.8, 4) is 5.75 Å². The van der Waals surface area contributed by atoms with E-state index in [2.05, 4.69) is 9.80 Å². The summed E-state index contributed by atoms with van der Waals surface area (Å²) in [5.74, 6) is 0.587. The van der Waals surface area contributed by atoms with E-state index < -0.39 is 11.7 Å². The van der Waals surface area contributed by atoms with Crippen LogP contribution in [-0.4, -0.2) is 72.4 Å². The molecule has 9 heteroatoms. The van der Waals surface area contributed by atoms with Crippen LogP contribution in [0.3, 0.4) is 0 Å². The lowest BCUT2D eigenvalue weighted by molar-refractivity contribution is -0.154. The van der Waals surface area contributed by atoms with Crippen LogP contribution in [0.4, 0.5) is 10.5 Å². The SMILES string of the molecule is COc1ccc(CN(CCCC(=O)OC(C)(C)C)c2cc(Cl)ccc2CN2CCN(C(=O)O)CC2)cc1. The van der Waals surface area contributed by atoms with Gasteiger partial charge in [-0.05, 0) is 62.6 Å². The molecule has 0 aliphatic carbocycles. The Bertz CT molecular complexity index is 1050. The molecule has 0 atom stereocenters. The second-order valence-electron chi connectivity index (χ2n) is 10.3. The van der Waals surface area contributed by atoms with E-state index in [0.29, 0.717) is 63.7 Å². The maximum absolute atomic E-state index is 12.3. The van der Waals surface area contributed by atoms with E-state index in [1.807, 2.05) is 63.2 Å². The first-order valence-corrected chi connectivity index (χ1v) is 13.0. The van der Waals surface area contributed by atoms with Crippen molar-refractivity contribution in [3.05, 3.63) is 58.6 Å². The summed E-state index contributed by atoms with van der Waals surface area (Å²) in [6.45, 7) is 9.90. The topological polar surface area (TPSA) is 82.5 Å². The highest BCUT2D eigenvalue weighted by Crippen LogP contribution is 2.29. The molecule has 0 aromatic heterocycles. The summed E-state index contributed by atoms with van der Waals surface area (Å²) in [5.41, 5.74) is 2.72. The molecule has 1 aliphatic rings. The monoisotopic (exact) mass is 531 g/mol. The summed E-state index contributed by atoms with van der Waals surface area (Å²) < 4.78 is 10.8. The van der Waals surface area contributed by atoms with Crippen molar-refractivity contribution in [1.29, 1.82) is 0 Å². The summed E-state index contributed by atoms with van der Waals surface area (Å²) in [4.78, 5) is 29.6. The predicted octanol–water partition coefficient (Wildman–Crippen LogP) is 5.27. The van der Waals surface area contributed by atoms with Crippen LogP contribution >= 0.6 is 11.6 Å². The van der Waals surface area contributed by atoms with Gasteiger partial charge in [-0.1, -0.05) is 29.8 Å². The molecular weight excluding hydrogens is 494 g/mol. The van der Waals surface area contributed by atoms with Crippen molar-refractivity contribution >= 4 is 29.4 Å². The number of esters is 1. The Morgan fingerprint density at radius 3 is 2.32 bits per heavy atom. The van der Waals surface area contributed by atoms with Gasteiger partial charge >= 0.3 is 12.1 Å². The van der Waals surface area contributed by atoms with Gasteiger partial charge in [0.25, 0.3) is 0 Å². The van der Waals surface area contributed by atoms with Gasteiger partial charge in [0.15, 0.2) is 0 Å². The number of piperazine rings is 1. The molecule has 1 aliphatic heterocycles. The zero-order chi connectivity index (χ0) is 27.0. The van der Waals surface area contributed by atoms with E-state index in [9.17, 15) is 14.7 Å². The average Bonchev–Trinajstić information content (AvgIpc) is 2.84. The molecule has 1 amide bonds. The van der Waals surface area contributed by atoms with Gasteiger partial charge in [0.1, 0.15) is 11.4 Å². The Kier molecular flexibility index (Phi) is 10.1. The van der Waals surface area contributed by atoms with E-state index in [1.54, 1.807) is 7.11 Å². The van der Waals surface area contributed by atoms with Gasteiger partial charge in [-0.3, -0.25) is 9.69 Å². The molecule has 0 spiro atoms. The van der Waals surface area contributed by atoms with Crippen LogP contribution < -0.4 is 9.64 Å². The summed E-state index contributed by atoms with van der Waals surface area (Å²) in [7, 11) is 1.65. The largest absolute Gasteiger partial charge is 0.497 e. The number of methoxy groups -OCH3 is 1. The highest BCUT2D eigenvalue weighted by molar-refractivity contribution is 6.30. The molecule has 0 radical (unpaired) electrons. The van der Waals surface area contributed by atoms with Crippen LogP contribution in [0.25, 0.3) is 0 Å². The van der Waals surface area contributed by atoms with Crippen molar-refractivity contribution in [2.45, 2.75) is 52.3 Å². The number of anilines is 1. The van der Waals surface area contributed by atoms with Crippen molar-refractivity contribution in [3.63, 3.8) is 0 Å². The number of ether oxygens (including phenoxy) is 2. The number of nitrogens with zero attached hydrogens (tertiary/aromatic N) is 3. The molecule has 0 bridgehead atoms. The summed E-state index contributed by atoms with van der Waals surface area (Å²) >= 11 is 6.45. The third kappa shape index (κ3) is 9.13. The van der Waals surface area contributed by atoms with E-state index in [1.165, 1.54) is 4.90 Å². The minimum atomic E-state index is -0.873. The van der Waals surface area contributed by atoms with E-state index in [-0.39, 0.29) is 5.97 Å². The fourth-order valence-corrected chi connectivity index (χ4v) is 4.51. The van der Waals surface area contributed by atoms with Crippen molar-refractivity contribution in [2.75, 3.05) is 44.7 Å². The Morgan fingerprint density at radius 2 is 1.73 bits per heavy atom. The zero-order valence-corrected chi connectivity index (χ0v) is 23.0. The normalized spacial score (nSPS) is 14.4. The molecule has 37 heavy (non-hydrogen) atoms. The number of halogens is 1. The van der Waals surface area contributed by atoms with Crippen molar-refractivity contribution in [2.24, 2.45) is 0 Å². The molecule has 8 nitrogen and oxygen atoms in total. The standard InChI is InChI=1S/C28H38ClN3O5/c1-28(2,3)37-26(33)6-5-13-32(19-21-7-11-24(36-4)12-8-21)25-18-23(29)10-9-22(25)20-30-14-16-31(17-15-30)27(34)35/h7-12,18H,5-6,13-17,19-20H2,1-4H3,(H,34,35). The molecule has 202 valence electrons. The second-order valence-corrected chi connectivity index (χ2v) is 10.7. The third-order valence-electron chi connectivity index (χ3n) is 6.19. The van der Waals surface area contributed by atoms with Gasteiger partial charge in [0.05, 0.1) is 7.11 Å². The van der Waals surface area contributed by atoms with Gasteiger partial charge < -0.3 is 24.4 Å². The number of benzene rings is 2. The highest BCUT2D eigenvalue weighted by Gasteiger charge is 2.23. The number of hydrogen-bond acceptors (Lipinski definition) is 6. The number of carbonyl (C=O) groups is 2. The smallest absolute Gasteiger partial charge is 0.407 e. The second kappa shape index (κ2) is 13.0. The molecule has 3 rings (SSSR count). The maximum Gasteiger partial charge on any atom is 0.407 e. The van der Waals surface area contributed by atoms with Crippen LogP contribution in [0.15, 0.2) is 42.5 Å². The molecule has 2 aromatic rings. The van der Waals surface area contributed by atoms with Crippen LogP contribution in [-0.2, 0) is 22.6 Å². The Morgan fingerprint density at radius 1 is 1.05 bits per heavy atom. The van der Waals surface area contributed by atoms with Gasteiger partial charge in [-0.25, -0.2) is 4.79 Å². The van der Waals surface area contributed by atoms with Crippen molar-refractivity contribution in [1.82, 2.24) is 9.80 Å². The van der Waals surface area contributed by atoms with Crippen LogP contribution in [0.5, 0.6) is 5.75 Å². The lowest BCUT2D eigenvalue weighted by atomic mass is 10.1. The summed E-state index contributed by atoms with van der Waals surface area (Å²) in [5, 5.41) is 9.90. The summed E-state index contributed by atoms with van der Waals surface area (Å²) in [6, 6.07) is 13.9. The van der Waals surface area contributed by atoms with Crippen LogP contribution in [0, 0.1) is 0 Å². The third-order valence-corrected chi connectivity index (χ3v) is 6.42. The van der Waals surface area contributed by atoms with Gasteiger partial charge in [-0.2, -0.15) is 0 Å². The molecule has 1 heterocycles. The number of carbonyl (C=O) groups excluding carboxylic acids is 1. The minimum absolute atomic E-state index is 0.209. The van der Waals surface area contributed by atoms with E-state index in [0.717, 1.165) is 22.6 Å². The fourth-order valence-electron chi connectivity index (χ4n) is 4.35. The average molecular weight is 532 g/mol. The zero-order valence-electron chi connectivity index (χ0n) is 22.2. The van der Waals surface area contributed by atoms with Crippen LogP contribution in [0.1, 0.15) is 44.7 Å². The molecule has 0 saturated carbocycles. The first kappa shape index (κ1) is 28.6. The fraction of sp³-hybridized carbons (Fsp3) is 0.500. The van der Waals surface area contributed by atoms with E-state index in [4.69, 9.17) is 21.1 Å². The number of rotatable bonds is 10. The van der Waals surface area contributed by atoms with Gasteiger partial charge in [0.2, 0.25) is 0 Å². The Balaban J connectivity index is 1.79. The Hall–Kier alpha value is -2.97. The predicted molar refractivity (Wildman–Crippen MR) is 145 cm³/mol. The highest BCUT2D eigenvalue weighted by atomic mass is 35.5. The van der Waals surface area contributed by atoms with Crippen molar-refractivity contribution < 1.29 is 24.2 Å².